The Morgan fingerprint density at radius 2 is 1.92 bits per heavy atom. The van der Waals surface area contributed by atoms with Gasteiger partial charge < -0.3 is 20.3 Å². The molecule has 26 heavy (non-hydrogen) atoms. The topological polar surface area (TPSA) is 108 Å². The molecule has 1 aromatic heterocycles. The second-order valence-electron chi connectivity index (χ2n) is 6.75. The fraction of sp³-hybridized carbons (Fsp3) is 0.421. The standard InChI is InChI=1S/C19H25N3O4/c1-19(2,3)15-12-21-17(18(20)24)16(22-15)13-6-4-5-7-14(13)26-11-10-25-9-8-23/h4-7,12,23H,8-11H2,1-3H3,(H2,20,24). The molecule has 140 valence electrons. The van der Waals surface area contributed by atoms with Crippen LogP contribution < -0.4 is 10.5 Å². The molecule has 0 atom stereocenters. The molecule has 0 aliphatic heterocycles. The van der Waals surface area contributed by atoms with Crippen LogP contribution in [-0.2, 0) is 10.2 Å². The third-order valence-corrected chi connectivity index (χ3v) is 3.64. The third kappa shape index (κ3) is 5.00. The van der Waals surface area contributed by atoms with E-state index in [0.29, 0.717) is 30.2 Å². The van der Waals surface area contributed by atoms with Crippen LogP contribution in [0.1, 0.15) is 37.0 Å². The van der Waals surface area contributed by atoms with Crippen LogP contribution in [0.2, 0.25) is 0 Å². The maximum atomic E-state index is 11.8. The number of carbonyl (C=O) groups is 1. The number of hydrogen-bond acceptors (Lipinski definition) is 6. The van der Waals surface area contributed by atoms with E-state index in [-0.39, 0.29) is 24.3 Å². The molecule has 7 nitrogen and oxygen atoms in total. The molecule has 0 radical (unpaired) electrons. The highest BCUT2D eigenvalue weighted by Gasteiger charge is 2.22. The lowest BCUT2D eigenvalue weighted by atomic mass is 9.92. The number of aliphatic hydroxyl groups excluding tert-OH is 1. The summed E-state index contributed by atoms with van der Waals surface area (Å²) in [5, 5.41) is 8.72. The highest BCUT2D eigenvalue weighted by molar-refractivity contribution is 5.97. The summed E-state index contributed by atoms with van der Waals surface area (Å²) >= 11 is 0. The van der Waals surface area contributed by atoms with Crippen LogP contribution in [0.15, 0.2) is 30.5 Å². The average Bonchev–Trinajstić information content (AvgIpc) is 2.60. The first kappa shape index (κ1) is 19.8. The maximum absolute atomic E-state index is 11.8. The number of nitrogens with zero attached hydrogens (tertiary/aromatic N) is 2. The number of rotatable bonds is 8. The van der Waals surface area contributed by atoms with Crippen molar-refractivity contribution in [2.45, 2.75) is 26.2 Å². The molecule has 1 aromatic carbocycles. The van der Waals surface area contributed by atoms with Gasteiger partial charge in [0.05, 0.1) is 25.5 Å². The third-order valence-electron chi connectivity index (χ3n) is 3.64. The van der Waals surface area contributed by atoms with Crippen molar-refractivity contribution < 1.29 is 19.4 Å². The first-order valence-electron chi connectivity index (χ1n) is 8.42. The van der Waals surface area contributed by atoms with Crippen molar-refractivity contribution in [3.8, 4) is 17.0 Å². The first-order chi connectivity index (χ1) is 12.3. The zero-order valence-corrected chi connectivity index (χ0v) is 15.4. The molecule has 3 N–H and O–H groups in total. The number of aromatic nitrogens is 2. The molecule has 0 fully saturated rings. The molecule has 0 saturated heterocycles. The molecule has 0 unspecified atom stereocenters. The minimum atomic E-state index is -0.644. The normalized spacial score (nSPS) is 11.4. The number of aliphatic hydroxyl groups is 1. The first-order valence-corrected chi connectivity index (χ1v) is 8.42. The van der Waals surface area contributed by atoms with Crippen LogP contribution >= 0.6 is 0 Å². The van der Waals surface area contributed by atoms with Crippen LogP contribution in [0.5, 0.6) is 5.75 Å². The molecule has 7 heteroatoms. The van der Waals surface area contributed by atoms with Gasteiger partial charge in [0.15, 0.2) is 5.69 Å². The van der Waals surface area contributed by atoms with Crippen LogP contribution in [0, 0.1) is 0 Å². The van der Waals surface area contributed by atoms with Gasteiger partial charge in [-0.1, -0.05) is 32.9 Å². The van der Waals surface area contributed by atoms with Crippen LogP contribution in [0.25, 0.3) is 11.3 Å². The Morgan fingerprint density at radius 3 is 2.58 bits per heavy atom. The van der Waals surface area contributed by atoms with E-state index >= 15 is 0 Å². The minimum Gasteiger partial charge on any atom is -0.490 e. The largest absolute Gasteiger partial charge is 0.490 e. The predicted octanol–water partition coefficient (Wildman–Crippen LogP) is 1.93. The number of primary amides is 1. The molecular formula is C19H25N3O4. The smallest absolute Gasteiger partial charge is 0.269 e. The molecule has 0 bridgehead atoms. The fourth-order valence-electron chi connectivity index (χ4n) is 2.28. The van der Waals surface area contributed by atoms with Crippen molar-refractivity contribution in [2.24, 2.45) is 5.73 Å². The second kappa shape index (κ2) is 8.73. The summed E-state index contributed by atoms with van der Waals surface area (Å²) in [5.74, 6) is -0.0861. The van der Waals surface area contributed by atoms with Crippen molar-refractivity contribution in [3.63, 3.8) is 0 Å². The van der Waals surface area contributed by atoms with Gasteiger partial charge in [0.2, 0.25) is 0 Å². The van der Waals surface area contributed by atoms with Crippen LogP contribution in [0.4, 0.5) is 0 Å². The summed E-state index contributed by atoms with van der Waals surface area (Å²) in [4.78, 5) is 20.7. The van der Waals surface area contributed by atoms with E-state index in [1.165, 1.54) is 0 Å². The number of nitrogens with two attached hydrogens (primary N) is 1. The Labute approximate surface area is 153 Å². The highest BCUT2D eigenvalue weighted by atomic mass is 16.5. The van der Waals surface area contributed by atoms with Gasteiger partial charge in [-0.3, -0.25) is 4.79 Å². The van der Waals surface area contributed by atoms with Crippen molar-refractivity contribution in [2.75, 3.05) is 26.4 Å². The van der Waals surface area contributed by atoms with Gasteiger partial charge >= 0.3 is 0 Å². The van der Waals surface area contributed by atoms with Crippen molar-refractivity contribution in [1.82, 2.24) is 9.97 Å². The molecule has 0 aliphatic rings. The van der Waals surface area contributed by atoms with Gasteiger partial charge in [-0.25, -0.2) is 9.97 Å². The monoisotopic (exact) mass is 359 g/mol. The summed E-state index contributed by atoms with van der Waals surface area (Å²) in [7, 11) is 0. The van der Waals surface area contributed by atoms with Gasteiger partial charge in [0.1, 0.15) is 18.1 Å². The molecule has 0 aliphatic carbocycles. The number of amides is 1. The Balaban J connectivity index is 2.39. The summed E-state index contributed by atoms with van der Waals surface area (Å²) in [6, 6.07) is 7.27. The number of ether oxygens (including phenoxy) is 2. The number of para-hydroxylation sites is 1. The Morgan fingerprint density at radius 1 is 1.19 bits per heavy atom. The summed E-state index contributed by atoms with van der Waals surface area (Å²) < 4.78 is 11.0. The molecule has 1 amide bonds. The SMILES string of the molecule is CC(C)(C)c1cnc(C(N)=O)c(-c2ccccc2OCCOCCO)n1. The second-order valence-corrected chi connectivity index (χ2v) is 6.75. The van der Waals surface area contributed by atoms with E-state index in [1.807, 2.05) is 39.0 Å². The van der Waals surface area contributed by atoms with E-state index in [2.05, 4.69) is 9.97 Å². The van der Waals surface area contributed by atoms with Gasteiger partial charge in [-0.05, 0) is 12.1 Å². The van der Waals surface area contributed by atoms with Gasteiger partial charge in [-0.15, -0.1) is 0 Å². The molecule has 2 aromatic rings. The summed E-state index contributed by atoms with van der Waals surface area (Å²) in [5.41, 5.74) is 7.15. The molecule has 1 heterocycles. The molecular weight excluding hydrogens is 334 g/mol. The zero-order valence-electron chi connectivity index (χ0n) is 15.4. The maximum Gasteiger partial charge on any atom is 0.269 e. The van der Waals surface area contributed by atoms with Crippen molar-refractivity contribution >= 4 is 5.91 Å². The van der Waals surface area contributed by atoms with Crippen LogP contribution in [0.3, 0.4) is 0 Å². The van der Waals surface area contributed by atoms with E-state index < -0.39 is 5.91 Å². The summed E-state index contributed by atoms with van der Waals surface area (Å²) in [6.07, 6.45) is 1.58. The Bertz CT molecular complexity index is 757. The highest BCUT2D eigenvalue weighted by Crippen LogP contribution is 2.32. The lowest BCUT2D eigenvalue weighted by Gasteiger charge is -2.19. The van der Waals surface area contributed by atoms with Gasteiger partial charge in [0, 0.05) is 17.2 Å². The quantitative estimate of drug-likeness (QED) is 0.697. The summed E-state index contributed by atoms with van der Waals surface area (Å²) in [6.45, 7) is 6.92. The van der Waals surface area contributed by atoms with E-state index in [4.69, 9.17) is 20.3 Å². The van der Waals surface area contributed by atoms with Crippen LogP contribution in [-0.4, -0.2) is 47.4 Å². The number of benzene rings is 1. The van der Waals surface area contributed by atoms with E-state index in [0.717, 1.165) is 5.69 Å². The molecule has 0 saturated carbocycles. The van der Waals surface area contributed by atoms with Gasteiger partial charge in [-0.2, -0.15) is 0 Å². The van der Waals surface area contributed by atoms with Crippen molar-refractivity contribution in [1.29, 1.82) is 0 Å². The Kier molecular flexibility index (Phi) is 6.65. The van der Waals surface area contributed by atoms with E-state index in [9.17, 15) is 4.79 Å². The zero-order chi connectivity index (χ0) is 19.2. The average molecular weight is 359 g/mol. The predicted molar refractivity (Wildman–Crippen MR) is 98.1 cm³/mol. The number of hydrogen-bond donors (Lipinski definition) is 2. The van der Waals surface area contributed by atoms with Gasteiger partial charge in [0.25, 0.3) is 5.91 Å². The lowest BCUT2D eigenvalue weighted by molar-refractivity contribution is 0.0706. The minimum absolute atomic E-state index is 0.0340. The number of carbonyl (C=O) groups excluding carboxylic acids is 1. The lowest BCUT2D eigenvalue weighted by Crippen LogP contribution is -2.20. The Hall–Kier alpha value is -2.51. The van der Waals surface area contributed by atoms with E-state index in [1.54, 1.807) is 12.3 Å². The van der Waals surface area contributed by atoms with Crippen molar-refractivity contribution in [3.05, 3.63) is 41.9 Å². The molecule has 0 spiro atoms. The molecule has 2 rings (SSSR count). The fourth-order valence-corrected chi connectivity index (χ4v) is 2.28.